The Balaban J connectivity index is 0.000000381. The molecule has 5 nitrogen and oxygen atoms in total. The largest absolute Gasteiger partial charge is 0.490 e. The van der Waals surface area contributed by atoms with Crippen molar-refractivity contribution in [1.29, 1.82) is 0 Å². The van der Waals surface area contributed by atoms with Gasteiger partial charge in [-0.1, -0.05) is 0 Å². The Morgan fingerprint density at radius 2 is 1.52 bits per heavy atom. The molecule has 0 unspecified atom stereocenters. The SMILES string of the molecule is COC1(C(F)(F)F)CCN(CC2(CO)CC2)CC1.O=C(O)C(F)(F)F. The minimum atomic E-state index is -5.08. The van der Waals surface area contributed by atoms with E-state index in [1.165, 1.54) is 0 Å². The molecule has 148 valence electrons. The van der Waals surface area contributed by atoms with Gasteiger partial charge >= 0.3 is 18.3 Å². The fourth-order valence-corrected chi connectivity index (χ4v) is 2.69. The first kappa shape index (κ1) is 22.0. The van der Waals surface area contributed by atoms with Gasteiger partial charge in [0, 0.05) is 38.8 Å². The first-order valence-corrected chi connectivity index (χ1v) is 7.56. The Hall–Kier alpha value is -1.07. The van der Waals surface area contributed by atoms with Crippen molar-refractivity contribution in [3.63, 3.8) is 0 Å². The summed E-state index contributed by atoms with van der Waals surface area (Å²) in [5, 5.41) is 16.4. The second-order valence-electron chi connectivity index (χ2n) is 6.43. The number of likely N-dealkylation sites (tertiary alicyclic amines) is 1. The fraction of sp³-hybridized carbons (Fsp3) is 0.929. The van der Waals surface area contributed by atoms with E-state index < -0.39 is 23.9 Å². The summed E-state index contributed by atoms with van der Waals surface area (Å²) in [6.07, 6.45) is -7.46. The van der Waals surface area contributed by atoms with Gasteiger partial charge in [0.05, 0.1) is 0 Å². The first-order chi connectivity index (χ1) is 11.3. The molecule has 2 N–H and O–H groups in total. The van der Waals surface area contributed by atoms with Gasteiger partial charge in [-0.05, 0) is 25.7 Å². The maximum Gasteiger partial charge on any atom is 0.490 e. The van der Waals surface area contributed by atoms with Crippen molar-refractivity contribution in [2.45, 2.75) is 43.6 Å². The number of methoxy groups -OCH3 is 1. The van der Waals surface area contributed by atoms with Gasteiger partial charge in [-0.3, -0.25) is 0 Å². The molecule has 2 rings (SSSR count). The summed E-state index contributed by atoms with van der Waals surface area (Å²) in [4.78, 5) is 10.9. The molecule has 0 aromatic carbocycles. The lowest BCUT2D eigenvalue weighted by molar-refractivity contribution is -0.282. The number of carbonyl (C=O) groups is 1. The van der Waals surface area contributed by atoms with Crippen LogP contribution in [0.2, 0.25) is 0 Å². The van der Waals surface area contributed by atoms with E-state index in [1.807, 2.05) is 4.90 Å². The zero-order valence-corrected chi connectivity index (χ0v) is 13.6. The molecule has 1 saturated heterocycles. The Morgan fingerprint density at radius 1 is 1.08 bits per heavy atom. The van der Waals surface area contributed by atoms with Crippen molar-refractivity contribution in [1.82, 2.24) is 4.90 Å². The van der Waals surface area contributed by atoms with E-state index in [1.54, 1.807) is 0 Å². The molecule has 0 radical (unpaired) electrons. The molecule has 1 aliphatic heterocycles. The van der Waals surface area contributed by atoms with Gasteiger partial charge in [0.25, 0.3) is 0 Å². The van der Waals surface area contributed by atoms with Gasteiger partial charge < -0.3 is 19.8 Å². The van der Waals surface area contributed by atoms with Gasteiger partial charge in [-0.25, -0.2) is 4.79 Å². The lowest BCUT2D eigenvalue weighted by Gasteiger charge is -2.42. The highest BCUT2D eigenvalue weighted by molar-refractivity contribution is 5.73. The second kappa shape index (κ2) is 7.67. The molecule has 0 bridgehead atoms. The molecular weight excluding hydrogens is 360 g/mol. The Bertz CT molecular complexity index is 453. The van der Waals surface area contributed by atoms with Gasteiger partial charge in [0.2, 0.25) is 0 Å². The molecule has 1 heterocycles. The number of carboxylic acid groups (broad SMARTS) is 1. The summed E-state index contributed by atoms with van der Waals surface area (Å²) >= 11 is 0. The molecular formula is C14H21F6NO4. The fourth-order valence-electron chi connectivity index (χ4n) is 2.69. The van der Waals surface area contributed by atoms with Crippen molar-refractivity contribution in [2.75, 3.05) is 33.4 Å². The molecule has 25 heavy (non-hydrogen) atoms. The number of nitrogens with zero attached hydrogens (tertiary/aromatic N) is 1. The van der Waals surface area contributed by atoms with Gasteiger partial charge in [0.15, 0.2) is 5.60 Å². The molecule has 0 amide bonds. The predicted molar refractivity (Wildman–Crippen MR) is 73.9 cm³/mol. The number of carboxylic acids is 1. The van der Waals surface area contributed by atoms with E-state index in [9.17, 15) is 31.4 Å². The molecule has 0 spiro atoms. The van der Waals surface area contributed by atoms with Crippen molar-refractivity contribution >= 4 is 5.97 Å². The van der Waals surface area contributed by atoms with Crippen molar-refractivity contribution in [3.8, 4) is 0 Å². The van der Waals surface area contributed by atoms with Crippen LogP contribution in [0.3, 0.4) is 0 Å². The number of rotatable bonds is 4. The molecule has 2 aliphatic rings. The third-order valence-electron chi connectivity index (χ3n) is 4.67. The zero-order valence-electron chi connectivity index (χ0n) is 13.6. The van der Waals surface area contributed by atoms with Gasteiger partial charge in [-0.15, -0.1) is 0 Å². The maximum atomic E-state index is 13.0. The van der Waals surface area contributed by atoms with Crippen LogP contribution in [0.15, 0.2) is 0 Å². The molecule has 1 aliphatic carbocycles. The average molecular weight is 381 g/mol. The molecule has 0 aromatic heterocycles. The molecule has 2 fully saturated rings. The molecule has 1 saturated carbocycles. The van der Waals surface area contributed by atoms with E-state index >= 15 is 0 Å². The van der Waals surface area contributed by atoms with Crippen molar-refractivity contribution in [2.24, 2.45) is 5.41 Å². The Morgan fingerprint density at radius 3 is 1.76 bits per heavy atom. The first-order valence-electron chi connectivity index (χ1n) is 7.56. The van der Waals surface area contributed by atoms with Crippen LogP contribution < -0.4 is 0 Å². The maximum absolute atomic E-state index is 13.0. The number of aliphatic hydroxyl groups excluding tert-OH is 1. The number of aliphatic hydroxyl groups is 1. The number of hydrogen-bond acceptors (Lipinski definition) is 4. The predicted octanol–water partition coefficient (Wildman–Crippen LogP) is 2.44. The van der Waals surface area contributed by atoms with Crippen LogP contribution in [0.25, 0.3) is 0 Å². The molecule has 11 heteroatoms. The van der Waals surface area contributed by atoms with E-state index in [4.69, 9.17) is 14.6 Å². The average Bonchev–Trinajstić information content (AvgIpc) is 3.27. The summed E-state index contributed by atoms with van der Waals surface area (Å²) in [6, 6.07) is 0. The van der Waals surface area contributed by atoms with Gasteiger partial charge in [-0.2, -0.15) is 26.3 Å². The second-order valence-corrected chi connectivity index (χ2v) is 6.43. The Labute approximate surface area is 140 Å². The van der Waals surface area contributed by atoms with E-state index in [2.05, 4.69) is 0 Å². The topological polar surface area (TPSA) is 70.0 Å². The zero-order chi connectivity index (χ0) is 19.5. The molecule has 0 atom stereocenters. The standard InChI is InChI=1S/C12H20F3NO2.C2HF3O2/c1-18-11(12(13,14)15)4-6-16(7-5-11)8-10(9-17)2-3-10;3-2(4,5)1(6)7/h17H,2-9H2,1H3;(H,6,7). The van der Waals surface area contributed by atoms with E-state index in [0.29, 0.717) is 19.6 Å². The van der Waals surface area contributed by atoms with E-state index in [-0.39, 0.29) is 24.9 Å². The number of ether oxygens (including phenoxy) is 1. The van der Waals surface area contributed by atoms with Gasteiger partial charge in [0.1, 0.15) is 0 Å². The van der Waals surface area contributed by atoms with Crippen LogP contribution in [-0.2, 0) is 9.53 Å². The number of aliphatic carboxylic acids is 1. The Kier molecular flexibility index (Phi) is 6.74. The number of piperidine rings is 1. The van der Waals surface area contributed by atoms with Crippen molar-refractivity contribution in [3.05, 3.63) is 0 Å². The number of halogens is 6. The quantitative estimate of drug-likeness (QED) is 0.732. The minimum Gasteiger partial charge on any atom is -0.475 e. The highest BCUT2D eigenvalue weighted by atomic mass is 19.4. The number of alkyl halides is 6. The third kappa shape index (κ3) is 5.71. The van der Waals surface area contributed by atoms with Crippen LogP contribution in [0.4, 0.5) is 26.3 Å². The monoisotopic (exact) mass is 381 g/mol. The third-order valence-corrected chi connectivity index (χ3v) is 4.67. The van der Waals surface area contributed by atoms with Crippen LogP contribution in [0.1, 0.15) is 25.7 Å². The van der Waals surface area contributed by atoms with Crippen LogP contribution in [0, 0.1) is 5.41 Å². The highest BCUT2D eigenvalue weighted by Crippen LogP contribution is 2.47. The van der Waals surface area contributed by atoms with Crippen LogP contribution in [0.5, 0.6) is 0 Å². The summed E-state index contributed by atoms with van der Waals surface area (Å²) in [7, 11) is 1.14. The summed E-state index contributed by atoms with van der Waals surface area (Å²) in [5.41, 5.74) is -2.01. The summed E-state index contributed by atoms with van der Waals surface area (Å²) in [5.74, 6) is -2.76. The highest BCUT2D eigenvalue weighted by Gasteiger charge is 2.57. The molecule has 0 aromatic rings. The van der Waals surface area contributed by atoms with Crippen molar-refractivity contribution < 1.29 is 46.1 Å². The summed E-state index contributed by atoms with van der Waals surface area (Å²) in [6.45, 7) is 1.61. The van der Waals surface area contributed by atoms with E-state index in [0.717, 1.165) is 20.0 Å². The normalized spacial score (nSPS) is 22.7. The number of hydrogen-bond donors (Lipinski definition) is 2. The lowest BCUT2D eigenvalue weighted by Crippen LogP contribution is -2.55. The lowest BCUT2D eigenvalue weighted by atomic mass is 9.89. The van der Waals surface area contributed by atoms with Crippen LogP contribution >= 0.6 is 0 Å². The smallest absolute Gasteiger partial charge is 0.475 e. The minimum absolute atomic E-state index is 0.0193. The van der Waals surface area contributed by atoms with Crippen LogP contribution in [-0.4, -0.2) is 72.4 Å². The summed E-state index contributed by atoms with van der Waals surface area (Å²) < 4.78 is 75.4.